The number of hydrogen-bond acceptors (Lipinski definition) is 8. The summed E-state index contributed by atoms with van der Waals surface area (Å²) in [5.41, 5.74) is 1.66. The van der Waals surface area contributed by atoms with Crippen LogP contribution in [-0.2, 0) is 15.8 Å². The van der Waals surface area contributed by atoms with Gasteiger partial charge in [0.1, 0.15) is 11.4 Å². The van der Waals surface area contributed by atoms with Crippen molar-refractivity contribution in [3.63, 3.8) is 0 Å². The summed E-state index contributed by atoms with van der Waals surface area (Å²) < 4.78 is 39.6. The molecule has 1 fully saturated rings. The highest BCUT2D eigenvalue weighted by Gasteiger charge is 2.32. The zero-order valence-electron chi connectivity index (χ0n) is 16.3. The minimum atomic E-state index is -3.51. The van der Waals surface area contributed by atoms with Crippen LogP contribution in [0.3, 0.4) is 0 Å². The minimum absolute atomic E-state index is 0.0685. The van der Waals surface area contributed by atoms with Gasteiger partial charge in [-0.3, -0.25) is 0 Å². The number of hydrogen-bond donors (Lipinski definition) is 0. The summed E-state index contributed by atoms with van der Waals surface area (Å²) in [4.78, 5) is 0. The summed E-state index contributed by atoms with van der Waals surface area (Å²) >= 11 is 0. The Hall–Kier alpha value is -3.05. The van der Waals surface area contributed by atoms with E-state index in [1.54, 1.807) is 29.8 Å². The topological polar surface area (TPSA) is 116 Å². The Bertz CT molecular complexity index is 1310. The predicted molar refractivity (Wildman–Crippen MR) is 108 cm³/mol. The lowest BCUT2D eigenvalue weighted by atomic mass is 9.97. The van der Waals surface area contributed by atoms with Gasteiger partial charge in [-0.05, 0) is 31.0 Å². The molecule has 30 heavy (non-hydrogen) atoms. The van der Waals surface area contributed by atoms with Crippen LogP contribution in [-0.4, -0.2) is 57.9 Å². The highest BCUT2D eigenvalue weighted by Crippen LogP contribution is 2.30. The van der Waals surface area contributed by atoms with Gasteiger partial charge in [0, 0.05) is 30.5 Å². The van der Waals surface area contributed by atoms with E-state index in [0.717, 1.165) is 11.2 Å². The lowest BCUT2D eigenvalue weighted by molar-refractivity contribution is 0.310. The number of methoxy groups -OCH3 is 1. The zero-order chi connectivity index (χ0) is 20.7. The van der Waals surface area contributed by atoms with E-state index >= 15 is 0 Å². The molecule has 1 saturated heterocycles. The van der Waals surface area contributed by atoms with Crippen molar-refractivity contribution in [3.8, 4) is 5.88 Å². The number of nitrogens with zero attached hydrogens (tertiary/aromatic N) is 6. The molecule has 0 spiro atoms. The molecular weight excluding hydrogens is 408 g/mol. The molecule has 1 aliphatic rings. The van der Waals surface area contributed by atoms with Crippen LogP contribution < -0.4 is 4.74 Å². The van der Waals surface area contributed by atoms with E-state index in [0.29, 0.717) is 48.7 Å². The number of aromatic nitrogens is 5. The summed E-state index contributed by atoms with van der Waals surface area (Å²) in [5.74, 6) is 1.09. The van der Waals surface area contributed by atoms with Gasteiger partial charge in [-0.25, -0.2) is 12.7 Å². The molecule has 0 atom stereocenters. The SMILES string of the molecule is COc1ccc2nnc(C3CCN(S(=O)(=O)Cc4noc5ccccc45)CC3)n2n1. The summed E-state index contributed by atoms with van der Waals surface area (Å²) in [6, 6.07) is 10.8. The highest BCUT2D eigenvalue weighted by molar-refractivity contribution is 7.88. The van der Waals surface area contributed by atoms with Gasteiger partial charge >= 0.3 is 0 Å². The Morgan fingerprint density at radius 2 is 1.93 bits per heavy atom. The zero-order valence-corrected chi connectivity index (χ0v) is 17.1. The largest absolute Gasteiger partial charge is 0.480 e. The Kier molecular flexibility index (Phi) is 4.63. The molecule has 4 aromatic rings. The van der Waals surface area contributed by atoms with Crippen LogP contribution >= 0.6 is 0 Å². The second kappa shape index (κ2) is 7.33. The fraction of sp³-hybridized carbons (Fsp3) is 0.368. The van der Waals surface area contributed by atoms with Gasteiger partial charge in [0.05, 0.1) is 7.11 Å². The Morgan fingerprint density at radius 1 is 1.13 bits per heavy atom. The van der Waals surface area contributed by atoms with Crippen LogP contribution in [0.25, 0.3) is 16.6 Å². The standard InChI is InChI=1S/C19H20N6O4S/c1-28-18-7-6-17-20-21-19(25(17)22-18)13-8-10-24(11-9-13)30(26,27)12-15-14-4-2-3-5-16(14)29-23-15/h2-7,13H,8-12H2,1H3. The highest BCUT2D eigenvalue weighted by atomic mass is 32.2. The summed E-state index contributed by atoms with van der Waals surface area (Å²) in [5, 5.41) is 17.5. The van der Waals surface area contributed by atoms with Gasteiger partial charge in [-0.15, -0.1) is 15.3 Å². The van der Waals surface area contributed by atoms with E-state index in [4.69, 9.17) is 9.26 Å². The van der Waals surface area contributed by atoms with Gasteiger partial charge in [-0.1, -0.05) is 17.3 Å². The van der Waals surface area contributed by atoms with E-state index in [1.165, 1.54) is 4.31 Å². The Morgan fingerprint density at radius 3 is 2.73 bits per heavy atom. The normalized spacial score (nSPS) is 16.4. The Balaban J connectivity index is 1.32. The third kappa shape index (κ3) is 3.29. The van der Waals surface area contributed by atoms with Crippen molar-refractivity contribution in [3.05, 3.63) is 47.9 Å². The number of benzene rings is 1. The first kappa shape index (κ1) is 18.9. The first-order valence-corrected chi connectivity index (χ1v) is 11.2. The third-order valence-electron chi connectivity index (χ3n) is 5.46. The van der Waals surface area contributed by atoms with Crippen LogP contribution in [0, 0.1) is 0 Å². The van der Waals surface area contributed by atoms with Crippen molar-refractivity contribution >= 4 is 26.6 Å². The minimum Gasteiger partial charge on any atom is -0.480 e. The van der Waals surface area contributed by atoms with Gasteiger partial charge in [0.2, 0.25) is 15.9 Å². The van der Waals surface area contributed by atoms with E-state index in [1.807, 2.05) is 18.2 Å². The maximum atomic E-state index is 13.0. The molecule has 0 N–H and O–H groups in total. The molecular formula is C19H20N6O4S. The number of piperidine rings is 1. The van der Waals surface area contributed by atoms with Crippen LogP contribution in [0.15, 0.2) is 40.9 Å². The molecule has 10 nitrogen and oxygen atoms in total. The molecule has 11 heteroatoms. The van der Waals surface area contributed by atoms with Crippen LogP contribution in [0.2, 0.25) is 0 Å². The van der Waals surface area contributed by atoms with E-state index in [2.05, 4.69) is 20.5 Å². The first-order valence-electron chi connectivity index (χ1n) is 9.62. The van der Waals surface area contributed by atoms with Gasteiger partial charge in [0.25, 0.3) is 0 Å². The molecule has 1 aromatic carbocycles. The summed E-state index contributed by atoms with van der Waals surface area (Å²) in [7, 11) is -1.96. The number of sulfonamides is 1. The summed E-state index contributed by atoms with van der Waals surface area (Å²) in [6.45, 7) is 0.809. The lowest BCUT2D eigenvalue weighted by Crippen LogP contribution is -2.39. The van der Waals surface area contributed by atoms with Gasteiger partial charge < -0.3 is 9.26 Å². The van der Waals surface area contributed by atoms with Crippen molar-refractivity contribution in [2.45, 2.75) is 24.5 Å². The molecule has 0 aliphatic carbocycles. The van der Waals surface area contributed by atoms with E-state index in [-0.39, 0.29) is 11.7 Å². The molecule has 156 valence electrons. The second-order valence-electron chi connectivity index (χ2n) is 7.26. The van der Waals surface area contributed by atoms with Crippen molar-refractivity contribution in [2.75, 3.05) is 20.2 Å². The molecule has 0 saturated carbocycles. The second-order valence-corrected chi connectivity index (χ2v) is 9.23. The van der Waals surface area contributed by atoms with Gasteiger partial charge in [0.15, 0.2) is 17.1 Å². The molecule has 0 bridgehead atoms. The average molecular weight is 428 g/mol. The van der Waals surface area contributed by atoms with Crippen LogP contribution in [0.5, 0.6) is 5.88 Å². The number of rotatable bonds is 5. The van der Waals surface area contributed by atoms with E-state index in [9.17, 15) is 8.42 Å². The smallest absolute Gasteiger partial charge is 0.231 e. The monoisotopic (exact) mass is 428 g/mol. The molecule has 0 unspecified atom stereocenters. The number of fused-ring (bicyclic) bond motifs is 2. The quantitative estimate of drug-likeness (QED) is 0.474. The molecule has 3 aromatic heterocycles. The van der Waals surface area contributed by atoms with Crippen LogP contribution in [0.4, 0.5) is 0 Å². The molecule has 0 amide bonds. The van der Waals surface area contributed by atoms with Crippen molar-refractivity contribution in [1.82, 2.24) is 29.3 Å². The molecule has 5 rings (SSSR count). The van der Waals surface area contributed by atoms with Crippen molar-refractivity contribution < 1.29 is 17.7 Å². The summed E-state index contributed by atoms with van der Waals surface area (Å²) in [6.07, 6.45) is 1.27. The average Bonchev–Trinajstić information content (AvgIpc) is 3.37. The number of para-hydroxylation sites is 1. The van der Waals surface area contributed by atoms with Gasteiger partial charge in [-0.2, -0.15) is 4.52 Å². The molecule has 4 heterocycles. The van der Waals surface area contributed by atoms with Crippen molar-refractivity contribution in [1.29, 1.82) is 0 Å². The van der Waals surface area contributed by atoms with E-state index < -0.39 is 10.0 Å². The predicted octanol–water partition coefficient (Wildman–Crippen LogP) is 1.98. The first-order chi connectivity index (χ1) is 14.5. The maximum absolute atomic E-state index is 13.0. The fourth-order valence-electron chi connectivity index (χ4n) is 3.85. The Labute approximate surface area is 172 Å². The molecule has 1 aliphatic heterocycles. The number of ether oxygens (including phenoxy) is 1. The molecule has 0 radical (unpaired) electrons. The van der Waals surface area contributed by atoms with Crippen LogP contribution in [0.1, 0.15) is 30.3 Å². The van der Waals surface area contributed by atoms with Crippen molar-refractivity contribution in [2.24, 2.45) is 0 Å². The maximum Gasteiger partial charge on any atom is 0.231 e. The third-order valence-corrected chi connectivity index (χ3v) is 7.25. The fourth-order valence-corrected chi connectivity index (χ4v) is 5.35. The lowest BCUT2D eigenvalue weighted by Gasteiger charge is -2.30.